The number of rotatable bonds is 11. The van der Waals surface area contributed by atoms with E-state index in [1.807, 2.05) is 24.3 Å². The summed E-state index contributed by atoms with van der Waals surface area (Å²) in [6.07, 6.45) is -6.28. The topological polar surface area (TPSA) is 157 Å². The van der Waals surface area contributed by atoms with E-state index in [9.17, 15) is 25.5 Å². The first-order valence-corrected chi connectivity index (χ1v) is 12.5. The molecule has 4 rings (SSSR count). The smallest absolute Gasteiger partial charge is 0.186 e. The zero-order chi connectivity index (χ0) is 27.4. The fourth-order valence-corrected chi connectivity index (χ4v) is 4.95. The molecule has 11 nitrogen and oxygen atoms in total. The molecule has 2 aliphatic rings. The van der Waals surface area contributed by atoms with Gasteiger partial charge in [-0.15, -0.1) is 0 Å². The first kappa shape index (κ1) is 28.4. The van der Waals surface area contributed by atoms with Crippen molar-refractivity contribution in [3.05, 3.63) is 47.0 Å². The number of hydrogen-bond donors (Lipinski definition) is 5. The Morgan fingerprint density at radius 2 is 1.58 bits per heavy atom. The Morgan fingerprint density at radius 3 is 2.24 bits per heavy atom. The molecule has 0 aromatic heterocycles. The maximum Gasteiger partial charge on any atom is 0.186 e. The molecule has 0 spiro atoms. The molecule has 2 heterocycles. The lowest BCUT2D eigenvalue weighted by atomic mass is 9.90. The van der Waals surface area contributed by atoms with Crippen LogP contribution in [0.2, 0.25) is 0 Å². The van der Waals surface area contributed by atoms with Crippen molar-refractivity contribution in [1.29, 1.82) is 0 Å². The van der Waals surface area contributed by atoms with E-state index in [0.29, 0.717) is 35.8 Å². The third-order valence-electron chi connectivity index (χ3n) is 7.02. The van der Waals surface area contributed by atoms with Gasteiger partial charge in [0.15, 0.2) is 29.3 Å². The largest absolute Gasteiger partial charge is 0.493 e. The van der Waals surface area contributed by atoms with Crippen LogP contribution in [0.15, 0.2) is 30.3 Å². The lowest BCUT2D eigenvalue weighted by molar-refractivity contribution is -0.302. The van der Waals surface area contributed by atoms with E-state index >= 15 is 0 Å². The third kappa shape index (κ3) is 5.55. The molecular formula is C27H36O11. The average molecular weight is 537 g/mol. The number of benzene rings is 2. The van der Waals surface area contributed by atoms with E-state index in [1.165, 1.54) is 0 Å². The summed E-state index contributed by atoms with van der Waals surface area (Å²) < 4.78 is 34.4. The van der Waals surface area contributed by atoms with Crippen molar-refractivity contribution in [2.75, 3.05) is 41.2 Å². The predicted molar refractivity (Wildman–Crippen MR) is 134 cm³/mol. The second-order valence-electron chi connectivity index (χ2n) is 9.33. The normalized spacial score (nSPS) is 28.5. The number of fused-ring (bicyclic) bond motifs is 1. The Kier molecular flexibility index (Phi) is 9.32. The minimum absolute atomic E-state index is 0.00130. The molecule has 0 bridgehead atoms. The molecule has 0 saturated carbocycles. The van der Waals surface area contributed by atoms with Crippen molar-refractivity contribution in [3.8, 4) is 23.0 Å². The van der Waals surface area contributed by atoms with Crippen molar-refractivity contribution < 1.29 is 54.0 Å². The van der Waals surface area contributed by atoms with Gasteiger partial charge in [0.25, 0.3) is 0 Å². The van der Waals surface area contributed by atoms with Crippen molar-refractivity contribution >= 4 is 0 Å². The van der Waals surface area contributed by atoms with E-state index in [4.69, 9.17) is 28.4 Å². The zero-order valence-corrected chi connectivity index (χ0v) is 21.6. The first-order chi connectivity index (χ1) is 18.4. The van der Waals surface area contributed by atoms with Crippen LogP contribution >= 0.6 is 0 Å². The Hall–Kier alpha value is -2.64. The molecule has 0 unspecified atom stereocenters. The van der Waals surface area contributed by atoms with Crippen LogP contribution in [0.3, 0.4) is 0 Å². The fraction of sp³-hybridized carbons (Fsp3) is 0.556. The van der Waals surface area contributed by atoms with E-state index in [0.717, 1.165) is 16.7 Å². The highest BCUT2D eigenvalue weighted by atomic mass is 16.7. The van der Waals surface area contributed by atoms with Gasteiger partial charge in [0.05, 0.1) is 40.5 Å². The van der Waals surface area contributed by atoms with Crippen LogP contribution in [0, 0.1) is 0 Å². The zero-order valence-electron chi connectivity index (χ0n) is 21.6. The van der Waals surface area contributed by atoms with Crippen LogP contribution in [-0.2, 0) is 15.9 Å². The van der Waals surface area contributed by atoms with Crippen LogP contribution < -0.4 is 18.9 Å². The summed E-state index contributed by atoms with van der Waals surface area (Å²) in [5.74, 6) is 1.76. The van der Waals surface area contributed by atoms with Gasteiger partial charge in [0, 0.05) is 12.2 Å². The Labute approximate surface area is 221 Å². The second kappa shape index (κ2) is 12.5. The molecule has 11 heteroatoms. The maximum atomic E-state index is 10.5. The highest BCUT2D eigenvalue weighted by Crippen LogP contribution is 2.52. The number of hydrogen-bond acceptors (Lipinski definition) is 11. The lowest BCUT2D eigenvalue weighted by Gasteiger charge is -2.40. The minimum atomic E-state index is -1.55. The summed E-state index contributed by atoms with van der Waals surface area (Å²) in [7, 11) is 4.65. The molecule has 2 aromatic carbocycles. The highest BCUT2D eigenvalue weighted by molar-refractivity contribution is 5.56. The Morgan fingerprint density at radius 1 is 0.842 bits per heavy atom. The molecule has 5 N–H and O–H groups in total. The molecule has 0 radical (unpaired) electrons. The van der Waals surface area contributed by atoms with Gasteiger partial charge in [0.1, 0.15) is 30.5 Å². The quantitative estimate of drug-likeness (QED) is 0.275. The van der Waals surface area contributed by atoms with E-state index < -0.39 is 49.3 Å². The molecule has 0 aliphatic carbocycles. The molecule has 2 aliphatic heterocycles. The molecule has 0 amide bonds. The molecule has 7 atom stereocenters. The summed E-state index contributed by atoms with van der Waals surface area (Å²) in [4.78, 5) is 0. The van der Waals surface area contributed by atoms with Gasteiger partial charge < -0.3 is 54.0 Å². The summed E-state index contributed by atoms with van der Waals surface area (Å²) >= 11 is 0. The Bertz CT molecular complexity index is 1080. The van der Waals surface area contributed by atoms with Gasteiger partial charge in [-0.05, 0) is 42.2 Å². The summed E-state index contributed by atoms with van der Waals surface area (Å²) in [6, 6.07) is 9.31. The number of ether oxygens (including phenoxy) is 6. The van der Waals surface area contributed by atoms with Gasteiger partial charge in [-0.1, -0.05) is 12.1 Å². The summed E-state index contributed by atoms with van der Waals surface area (Å²) in [5, 5.41) is 49.6. The van der Waals surface area contributed by atoms with Crippen molar-refractivity contribution in [1.82, 2.24) is 0 Å². The second-order valence-corrected chi connectivity index (χ2v) is 9.33. The predicted octanol–water partition coefficient (Wildman–Crippen LogP) is 0.671. The molecular weight excluding hydrogens is 500 g/mol. The highest BCUT2D eigenvalue weighted by Gasteiger charge is 2.45. The lowest BCUT2D eigenvalue weighted by Crippen LogP contribution is -2.59. The molecule has 210 valence electrons. The molecule has 38 heavy (non-hydrogen) atoms. The van der Waals surface area contributed by atoms with Crippen LogP contribution in [-0.4, -0.2) is 97.4 Å². The number of aliphatic hydroxyl groups excluding tert-OH is 5. The van der Waals surface area contributed by atoms with Crippen molar-refractivity contribution in [2.24, 2.45) is 0 Å². The number of methoxy groups -OCH3 is 3. The van der Waals surface area contributed by atoms with Crippen LogP contribution in [0.25, 0.3) is 0 Å². The van der Waals surface area contributed by atoms with Crippen molar-refractivity contribution in [3.63, 3.8) is 0 Å². The van der Waals surface area contributed by atoms with Crippen molar-refractivity contribution in [2.45, 2.75) is 55.6 Å². The van der Waals surface area contributed by atoms with Gasteiger partial charge >= 0.3 is 0 Å². The van der Waals surface area contributed by atoms with Gasteiger partial charge in [-0.2, -0.15) is 0 Å². The minimum Gasteiger partial charge on any atom is -0.493 e. The third-order valence-corrected chi connectivity index (χ3v) is 7.02. The monoisotopic (exact) mass is 536 g/mol. The van der Waals surface area contributed by atoms with E-state index in [2.05, 4.69) is 0 Å². The number of aryl methyl sites for hydroxylation is 1. The van der Waals surface area contributed by atoms with Gasteiger partial charge in [-0.3, -0.25) is 0 Å². The van der Waals surface area contributed by atoms with E-state index in [1.54, 1.807) is 27.4 Å². The summed E-state index contributed by atoms with van der Waals surface area (Å²) in [6.45, 7) is -0.505. The standard InChI is InChI=1S/C27H36O11/c1-33-18-7-6-15(11-19(18)34-2)25-17(13-36-27-24(32)23(31)22(30)21(12-29)37-27)16-9-14(5-4-8-28)10-20(35-3)26(16)38-25/h6-7,9-11,17,21-25,27-32H,4-5,8,12-13H2,1-3H3/t17-,21-,22+,23+,24+,25+,27+/m0/s1. The average Bonchev–Trinajstić information content (AvgIpc) is 3.31. The first-order valence-electron chi connectivity index (χ1n) is 12.5. The van der Waals surface area contributed by atoms with Gasteiger partial charge in [0.2, 0.25) is 0 Å². The Balaban J connectivity index is 1.69. The fourth-order valence-electron chi connectivity index (χ4n) is 4.95. The molecule has 1 fully saturated rings. The van der Waals surface area contributed by atoms with Crippen LogP contribution in [0.4, 0.5) is 0 Å². The number of aliphatic hydroxyl groups is 5. The van der Waals surface area contributed by atoms with Crippen LogP contribution in [0.1, 0.15) is 35.1 Å². The SMILES string of the molecule is COc1ccc([C@H]2Oc3c(OC)cc(CCCO)cc3[C@@H]2CO[C@@H]2O[C@@H](CO)[C@@H](O)[C@@H](O)[C@H]2O)cc1OC. The summed E-state index contributed by atoms with van der Waals surface area (Å²) in [5.41, 5.74) is 2.53. The van der Waals surface area contributed by atoms with E-state index in [-0.39, 0.29) is 13.2 Å². The van der Waals surface area contributed by atoms with Gasteiger partial charge in [-0.25, -0.2) is 0 Å². The maximum absolute atomic E-state index is 10.5. The molecule has 2 aromatic rings. The van der Waals surface area contributed by atoms with Crippen LogP contribution in [0.5, 0.6) is 23.0 Å². The molecule has 1 saturated heterocycles.